The Morgan fingerprint density at radius 3 is 2.62 bits per heavy atom. The summed E-state index contributed by atoms with van der Waals surface area (Å²) in [6.45, 7) is 4.54. The largest absolute Gasteiger partial charge is 0.426 e. The summed E-state index contributed by atoms with van der Waals surface area (Å²) in [5, 5.41) is 0. The number of rotatable bonds is 4. The fourth-order valence-corrected chi connectivity index (χ4v) is 3.62. The number of H-pyrrole nitrogens is 1. The molecule has 0 saturated heterocycles. The van der Waals surface area contributed by atoms with E-state index in [0.29, 0.717) is 24.0 Å². The van der Waals surface area contributed by atoms with Crippen LogP contribution in [0.15, 0.2) is 65.6 Å². The number of hydrogen-bond donors (Lipinski definition) is 1. The lowest BCUT2D eigenvalue weighted by molar-refractivity contribution is 0.449. The van der Waals surface area contributed by atoms with E-state index in [2.05, 4.69) is 15.0 Å². The Balaban J connectivity index is 1.53. The van der Waals surface area contributed by atoms with Crippen LogP contribution in [-0.2, 0) is 6.54 Å². The number of ether oxygens (including phenoxy) is 1. The van der Waals surface area contributed by atoms with E-state index in [4.69, 9.17) is 4.74 Å². The lowest BCUT2D eigenvalue weighted by atomic mass is 10.2. The number of nitrogens with zero attached hydrogens (tertiary/aromatic N) is 4. The lowest BCUT2D eigenvalue weighted by Crippen LogP contribution is -2.22. The number of imidazole rings is 2. The van der Waals surface area contributed by atoms with Gasteiger partial charge in [0, 0.05) is 12.7 Å². The van der Waals surface area contributed by atoms with Gasteiger partial charge in [0.25, 0.3) is 6.01 Å². The number of aromatic nitrogens is 5. The molecule has 1 N–H and O–H groups in total. The third-order valence-electron chi connectivity index (χ3n) is 5.00. The lowest BCUT2D eigenvalue weighted by Gasteiger charge is -2.05. The van der Waals surface area contributed by atoms with Crippen LogP contribution in [0.1, 0.15) is 12.5 Å². The van der Waals surface area contributed by atoms with E-state index in [0.717, 1.165) is 27.8 Å². The summed E-state index contributed by atoms with van der Waals surface area (Å²) in [6.07, 6.45) is 1.73. The molecule has 0 saturated carbocycles. The minimum absolute atomic E-state index is 0.102. The summed E-state index contributed by atoms with van der Waals surface area (Å²) in [6, 6.07) is 17.4. The average molecular weight is 385 g/mol. The molecular weight excluding hydrogens is 366 g/mol. The molecule has 0 aliphatic heterocycles. The van der Waals surface area contributed by atoms with E-state index in [1.807, 2.05) is 68.4 Å². The molecule has 29 heavy (non-hydrogen) atoms. The van der Waals surface area contributed by atoms with Crippen molar-refractivity contribution in [3.8, 4) is 17.4 Å². The van der Waals surface area contributed by atoms with Crippen LogP contribution in [0.25, 0.3) is 27.9 Å². The van der Waals surface area contributed by atoms with Crippen molar-refractivity contribution in [2.75, 3.05) is 0 Å². The molecule has 7 nitrogen and oxygen atoms in total. The monoisotopic (exact) mass is 385 g/mol. The van der Waals surface area contributed by atoms with Crippen molar-refractivity contribution in [1.29, 1.82) is 0 Å². The van der Waals surface area contributed by atoms with Crippen molar-refractivity contribution in [2.24, 2.45) is 0 Å². The number of aromatic amines is 1. The van der Waals surface area contributed by atoms with Gasteiger partial charge in [-0.15, -0.1) is 0 Å². The van der Waals surface area contributed by atoms with Crippen molar-refractivity contribution < 1.29 is 4.74 Å². The summed E-state index contributed by atoms with van der Waals surface area (Å²) in [5.74, 6) is 0.629. The zero-order valence-corrected chi connectivity index (χ0v) is 16.1. The second kappa shape index (κ2) is 6.63. The number of fused-ring (bicyclic) bond motifs is 2. The van der Waals surface area contributed by atoms with Gasteiger partial charge in [-0.2, -0.15) is 4.98 Å². The predicted molar refractivity (Wildman–Crippen MR) is 112 cm³/mol. The molecule has 0 bridgehead atoms. The normalized spacial score (nSPS) is 11.4. The molecule has 0 aliphatic carbocycles. The minimum Gasteiger partial charge on any atom is -0.426 e. The summed E-state index contributed by atoms with van der Waals surface area (Å²) >= 11 is 0. The first-order valence-corrected chi connectivity index (χ1v) is 9.45. The maximum atomic E-state index is 13.0. The van der Waals surface area contributed by atoms with E-state index < -0.39 is 0 Å². The Bertz CT molecular complexity index is 1360. The standard InChI is InChI=1S/C22H19N5O2/c1-3-26-19-14(2)12-13-23-20(19)27(22(26)28)15-8-10-16(11-9-15)29-21-24-17-6-4-5-7-18(17)25-21/h4-13H,3H2,1-2H3,(H,24,25). The molecule has 0 atom stereocenters. The van der Waals surface area contributed by atoms with Gasteiger partial charge < -0.3 is 9.72 Å². The predicted octanol–water partition coefficient (Wildman–Crippen LogP) is 4.18. The Kier molecular flexibility index (Phi) is 3.94. The first-order valence-electron chi connectivity index (χ1n) is 9.45. The van der Waals surface area contributed by atoms with Crippen molar-refractivity contribution in [3.63, 3.8) is 0 Å². The number of nitrogens with one attached hydrogen (secondary N) is 1. The Morgan fingerprint density at radius 2 is 1.86 bits per heavy atom. The first kappa shape index (κ1) is 17.2. The number of benzene rings is 2. The molecular formula is C22H19N5O2. The summed E-state index contributed by atoms with van der Waals surface area (Å²) in [5.41, 5.74) is 4.94. The molecule has 0 amide bonds. The second-order valence-electron chi connectivity index (χ2n) is 6.82. The van der Waals surface area contributed by atoms with Gasteiger partial charge in [0.15, 0.2) is 5.65 Å². The Morgan fingerprint density at radius 1 is 1.07 bits per heavy atom. The fraction of sp³-hybridized carbons (Fsp3) is 0.136. The maximum Gasteiger partial charge on any atom is 0.334 e. The summed E-state index contributed by atoms with van der Waals surface area (Å²) in [7, 11) is 0. The second-order valence-corrected chi connectivity index (χ2v) is 6.82. The van der Waals surface area contributed by atoms with Crippen LogP contribution in [-0.4, -0.2) is 24.1 Å². The minimum atomic E-state index is -0.102. The zero-order chi connectivity index (χ0) is 20.0. The molecule has 0 unspecified atom stereocenters. The SMILES string of the molecule is CCn1c(=O)n(-c2ccc(Oc3nc4ccccc4[nH]3)cc2)c2nccc(C)c21. The number of para-hydroxylation sites is 2. The summed E-state index contributed by atoms with van der Waals surface area (Å²) in [4.78, 5) is 25.0. The topological polar surface area (TPSA) is 77.7 Å². The highest BCUT2D eigenvalue weighted by atomic mass is 16.5. The van der Waals surface area contributed by atoms with E-state index in [1.165, 1.54) is 0 Å². The van der Waals surface area contributed by atoms with E-state index in [-0.39, 0.29) is 5.69 Å². The van der Waals surface area contributed by atoms with Gasteiger partial charge in [-0.1, -0.05) is 12.1 Å². The summed E-state index contributed by atoms with van der Waals surface area (Å²) < 4.78 is 9.22. The van der Waals surface area contributed by atoms with E-state index >= 15 is 0 Å². The molecule has 0 spiro atoms. The van der Waals surface area contributed by atoms with Crippen molar-refractivity contribution in [3.05, 3.63) is 76.8 Å². The van der Waals surface area contributed by atoms with E-state index in [1.54, 1.807) is 15.3 Å². The third kappa shape index (κ3) is 2.79. The smallest absolute Gasteiger partial charge is 0.334 e. The zero-order valence-electron chi connectivity index (χ0n) is 16.1. The molecule has 0 aliphatic rings. The van der Waals surface area contributed by atoms with Gasteiger partial charge >= 0.3 is 5.69 Å². The van der Waals surface area contributed by atoms with Crippen LogP contribution >= 0.6 is 0 Å². The van der Waals surface area contributed by atoms with Gasteiger partial charge in [0.05, 0.1) is 22.2 Å². The average Bonchev–Trinajstić information content (AvgIpc) is 3.26. The highest BCUT2D eigenvalue weighted by Crippen LogP contribution is 2.24. The van der Waals surface area contributed by atoms with Crippen LogP contribution < -0.4 is 10.4 Å². The van der Waals surface area contributed by atoms with Crippen LogP contribution in [0.3, 0.4) is 0 Å². The van der Waals surface area contributed by atoms with Crippen molar-refractivity contribution >= 4 is 22.2 Å². The van der Waals surface area contributed by atoms with Crippen LogP contribution in [0.4, 0.5) is 0 Å². The first-order chi connectivity index (χ1) is 14.2. The van der Waals surface area contributed by atoms with Crippen molar-refractivity contribution in [1.82, 2.24) is 24.1 Å². The van der Waals surface area contributed by atoms with Gasteiger partial charge in [0.2, 0.25) is 0 Å². The highest BCUT2D eigenvalue weighted by Gasteiger charge is 2.16. The Hall–Kier alpha value is -3.87. The molecule has 3 heterocycles. The van der Waals surface area contributed by atoms with Gasteiger partial charge in [-0.05, 0) is 61.9 Å². The van der Waals surface area contributed by atoms with Crippen LogP contribution in [0.2, 0.25) is 0 Å². The number of aryl methyl sites for hydroxylation is 2. The third-order valence-corrected chi connectivity index (χ3v) is 5.00. The van der Waals surface area contributed by atoms with Crippen LogP contribution in [0.5, 0.6) is 11.8 Å². The Labute approximate surface area is 166 Å². The highest BCUT2D eigenvalue weighted by molar-refractivity contribution is 5.77. The fourth-order valence-electron chi connectivity index (χ4n) is 3.62. The molecule has 0 radical (unpaired) electrons. The van der Waals surface area contributed by atoms with Gasteiger partial charge in [-0.25, -0.2) is 14.3 Å². The van der Waals surface area contributed by atoms with Crippen LogP contribution in [0, 0.1) is 6.92 Å². The van der Waals surface area contributed by atoms with E-state index in [9.17, 15) is 4.79 Å². The molecule has 7 heteroatoms. The molecule has 3 aromatic heterocycles. The molecule has 5 aromatic rings. The number of hydrogen-bond acceptors (Lipinski definition) is 4. The maximum absolute atomic E-state index is 13.0. The molecule has 5 rings (SSSR count). The van der Waals surface area contributed by atoms with Gasteiger partial charge in [-0.3, -0.25) is 4.57 Å². The quantitative estimate of drug-likeness (QED) is 0.503. The van der Waals surface area contributed by atoms with Gasteiger partial charge in [0.1, 0.15) is 5.75 Å². The molecule has 144 valence electrons. The van der Waals surface area contributed by atoms with Crippen molar-refractivity contribution in [2.45, 2.75) is 20.4 Å². The molecule has 2 aromatic carbocycles. The number of pyridine rings is 1. The molecule has 0 fully saturated rings.